The summed E-state index contributed by atoms with van der Waals surface area (Å²) in [6, 6.07) is 0.584. The van der Waals surface area contributed by atoms with Crippen LogP contribution in [0.1, 0.15) is 22.5 Å². The molecule has 0 radical (unpaired) electrons. The molecule has 0 amide bonds. The minimum Gasteiger partial charge on any atom is -0.465 e. The highest BCUT2D eigenvalue weighted by Gasteiger charge is 2.23. The number of hydrogen-bond acceptors (Lipinski definition) is 6. The maximum Gasteiger partial charge on any atom is 0.349 e. The number of nitrogens with zero attached hydrogens (tertiary/aromatic N) is 3. The van der Waals surface area contributed by atoms with Crippen LogP contribution in [0.25, 0.3) is 0 Å². The van der Waals surface area contributed by atoms with Crippen LogP contribution in [0.3, 0.4) is 0 Å². The van der Waals surface area contributed by atoms with Gasteiger partial charge < -0.3 is 14.5 Å². The fourth-order valence-electron chi connectivity index (χ4n) is 2.24. The molecule has 1 unspecified atom stereocenters. The fraction of sp³-hybridized carbons (Fsp3) is 0.667. The van der Waals surface area contributed by atoms with Gasteiger partial charge in [-0.25, -0.2) is 9.78 Å². The lowest BCUT2D eigenvalue weighted by Gasteiger charge is -2.25. The Balaban J connectivity index is 1.98. The van der Waals surface area contributed by atoms with Gasteiger partial charge in [0.05, 0.1) is 13.3 Å². The van der Waals surface area contributed by atoms with Crippen LogP contribution in [0, 0.1) is 0 Å². The Morgan fingerprint density at radius 3 is 3.11 bits per heavy atom. The first-order chi connectivity index (χ1) is 8.61. The van der Waals surface area contributed by atoms with Crippen molar-refractivity contribution in [2.45, 2.75) is 18.9 Å². The lowest BCUT2D eigenvalue weighted by Crippen LogP contribution is -2.36. The number of aromatic nitrogens is 1. The predicted molar refractivity (Wildman–Crippen MR) is 72.4 cm³/mol. The van der Waals surface area contributed by atoms with E-state index in [0.29, 0.717) is 10.9 Å². The van der Waals surface area contributed by atoms with Gasteiger partial charge in [0, 0.05) is 19.6 Å². The van der Waals surface area contributed by atoms with Gasteiger partial charge in [-0.3, -0.25) is 0 Å². The third kappa shape index (κ3) is 2.81. The molecular formula is C12H19N3O2S. The van der Waals surface area contributed by atoms with Gasteiger partial charge in [-0.05, 0) is 26.4 Å². The highest BCUT2D eigenvalue weighted by Crippen LogP contribution is 2.24. The summed E-state index contributed by atoms with van der Waals surface area (Å²) in [4.78, 5) is 20.7. The number of anilines is 1. The molecule has 1 fully saturated rings. The monoisotopic (exact) mass is 269 g/mol. The molecule has 0 aromatic carbocycles. The average Bonchev–Trinajstić information content (AvgIpc) is 2.98. The van der Waals surface area contributed by atoms with E-state index < -0.39 is 0 Å². The Morgan fingerprint density at radius 1 is 1.72 bits per heavy atom. The van der Waals surface area contributed by atoms with E-state index in [-0.39, 0.29) is 5.97 Å². The molecule has 0 saturated carbocycles. The van der Waals surface area contributed by atoms with Crippen LogP contribution >= 0.6 is 11.3 Å². The Hall–Kier alpha value is -1.14. The van der Waals surface area contributed by atoms with Crippen LogP contribution in [-0.2, 0) is 4.74 Å². The molecule has 2 rings (SSSR count). The van der Waals surface area contributed by atoms with E-state index in [2.05, 4.69) is 26.6 Å². The minimum atomic E-state index is -0.315. The molecule has 6 heteroatoms. The Morgan fingerprint density at radius 2 is 2.50 bits per heavy atom. The summed E-state index contributed by atoms with van der Waals surface area (Å²) in [6.45, 7) is 2.12. The van der Waals surface area contributed by atoms with Gasteiger partial charge in [-0.2, -0.15) is 0 Å². The van der Waals surface area contributed by atoms with Gasteiger partial charge >= 0.3 is 5.97 Å². The zero-order valence-corrected chi connectivity index (χ0v) is 11.9. The van der Waals surface area contributed by atoms with Gasteiger partial charge in [0.2, 0.25) is 0 Å². The highest BCUT2D eigenvalue weighted by molar-refractivity contribution is 7.17. The summed E-state index contributed by atoms with van der Waals surface area (Å²) in [5, 5.41) is 0.871. The van der Waals surface area contributed by atoms with Gasteiger partial charge in [0.25, 0.3) is 0 Å². The second-order valence-corrected chi connectivity index (χ2v) is 5.66. The van der Waals surface area contributed by atoms with Gasteiger partial charge in [-0.1, -0.05) is 11.3 Å². The van der Waals surface area contributed by atoms with Gasteiger partial charge in [0.15, 0.2) is 5.13 Å². The molecule has 1 aromatic heterocycles. The molecule has 0 N–H and O–H groups in total. The number of thiazole rings is 1. The molecule has 1 aliphatic heterocycles. The number of rotatable bonds is 4. The van der Waals surface area contributed by atoms with E-state index in [1.165, 1.54) is 37.8 Å². The van der Waals surface area contributed by atoms with E-state index in [1.807, 2.05) is 7.05 Å². The Kier molecular flexibility index (Phi) is 4.19. The largest absolute Gasteiger partial charge is 0.465 e. The summed E-state index contributed by atoms with van der Waals surface area (Å²) >= 11 is 1.38. The number of likely N-dealkylation sites (tertiary alicyclic amines) is 1. The van der Waals surface area contributed by atoms with Crippen molar-refractivity contribution in [2.24, 2.45) is 0 Å². The van der Waals surface area contributed by atoms with Gasteiger partial charge in [-0.15, -0.1) is 0 Å². The summed E-state index contributed by atoms with van der Waals surface area (Å²) < 4.78 is 4.68. The second kappa shape index (κ2) is 5.67. The molecule has 100 valence electrons. The molecule has 5 nitrogen and oxygen atoms in total. The van der Waals surface area contributed by atoms with Crippen molar-refractivity contribution in [3.63, 3.8) is 0 Å². The van der Waals surface area contributed by atoms with Crippen molar-refractivity contribution in [3.8, 4) is 0 Å². The Labute approximate surface area is 111 Å². The standard InChI is InChI=1S/C12H19N3O2S/c1-14-6-4-5-9(14)8-15(2)12-13-7-10(18-12)11(16)17-3/h7,9H,4-6,8H2,1-3H3. The zero-order valence-electron chi connectivity index (χ0n) is 11.0. The van der Waals surface area contributed by atoms with Crippen LogP contribution in [0.4, 0.5) is 5.13 Å². The third-order valence-electron chi connectivity index (χ3n) is 3.36. The van der Waals surface area contributed by atoms with E-state index in [4.69, 9.17) is 0 Å². The van der Waals surface area contributed by atoms with Crippen LogP contribution in [-0.4, -0.2) is 56.2 Å². The number of carbonyl (C=O) groups is 1. The van der Waals surface area contributed by atoms with Crippen molar-refractivity contribution >= 4 is 22.4 Å². The summed E-state index contributed by atoms with van der Waals surface area (Å²) in [6.07, 6.45) is 4.08. The van der Waals surface area contributed by atoms with E-state index in [1.54, 1.807) is 6.20 Å². The predicted octanol–water partition coefficient (Wildman–Crippen LogP) is 1.46. The minimum absolute atomic E-state index is 0.315. The summed E-state index contributed by atoms with van der Waals surface area (Å²) in [5.74, 6) is -0.315. The Bertz CT molecular complexity index is 421. The molecule has 18 heavy (non-hydrogen) atoms. The number of ether oxygens (including phenoxy) is 1. The molecule has 0 bridgehead atoms. The molecule has 1 atom stereocenters. The molecule has 1 aromatic rings. The average molecular weight is 269 g/mol. The highest BCUT2D eigenvalue weighted by atomic mass is 32.1. The molecule has 2 heterocycles. The maximum atomic E-state index is 11.4. The zero-order chi connectivity index (χ0) is 13.1. The smallest absolute Gasteiger partial charge is 0.349 e. The first-order valence-corrected chi connectivity index (χ1v) is 6.89. The lowest BCUT2D eigenvalue weighted by atomic mass is 10.2. The summed E-state index contributed by atoms with van der Waals surface area (Å²) in [7, 11) is 5.57. The van der Waals surface area contributed by atoms with E-state index >= 15 is 0 Å². The second-order valence-electron chi connectivity index (χ2n) is 4.66. The molecule has 1 aliphatic rings. The van der Waals surface area contributed by atoms with E-state index in [9.17, 15) is 4.79 Å². The first-order valence-electron chi connectivity index (χ1n) is 6.07. The summed E-state index contributed by atoms with van der Waals surface area (Å²) in [5.41, 5.74) is 0. The molecule has 0 aliphatic carbocycles. The number of methoxy groups -OCH3 is 1. The first kappa shape index (κ1) is 13.3. The fourth-order valence-corrected chi connectivity index (χ4v) is 3.05. The molecular weight excluding hydrogens is 250 g/mol. The van der Waals surface area contributed by atoms with Crippen LogP contribution in [0.15, 0.2) is 6.20 Å². The van der Waals surface area contributed by atoms with Crippen molar-refractivity contribution in [1.82, 2.24) is 9.88 Å². The van der Waals surface area contributed by atoms with Crippen LogP contribution in [0.2, 0.25) is 0 Å². The lowest BCUT2D eigenvalue weighted by molar-refractivity contribution is 0.0606. The third-order valence-corrected chi connectivity index (χ3v) is 4.45. The normalized spacial score (nSPS) is 20.1. The van der Waals surface area contributed by atoms with Crippen LogP contribution in [0.5, 0.6) is 0 Å². The topological polar surface area (TPSA) is 45.7 Å². The van der Waals surface area contributed by atoms with E-state index in [0.717, 1.165) is 11.7 Å². The molecule has 1 saturated heterocycles. The number of likely N-dealkylation sites (N-methyl/N-ethyl adjacent to an activating group) is 2. The van der Waals surface area contributed by atoms with Crippen molar-refractivity contribution < 1.29 is 9.53 Å². The SMILES string of the molecule is COC(=O)c1cnc(N(C)CC2CCCN2C)s1. The van der Waals surface area contributed by atoms with Crippen molar-refractivity contribution in [1.29, 1.82) is 0 Å². The number of carbonyl (C=O) groups excluding carboxylic acids is 1. The van der Waals surface area contributed by atoms with Gasteiger partial charge in [0.1, 0.15) is 4.88 Å². The molecule has 0 spiro atoms. The quantitative estimate of drug-likeness (QED) is 0.774. The number of hydrogen-bond donors (Lipinski definition) is 0. The number of esters is 1. The van der Waals surface area contributed by atoms with Crippen molar-refractivity contribution in [2.75, 3.05) is 39.2 Å². The maximum absolute atomic E-state index is 11.4. The van der Waals surface area contributed by atoms with Crippen LogP contribution < -0.4 is 4.90 Å². The van der Waals surface area contributed by atoms with Crippen molar-refractivity contribution in [3.05, 3.63) is 11.1 Å².